The lowest BCUT2D eigenvalue weighted by atomic mass is 9.74. The first-order valence-electron chi connectivity index (χ1n) is 12.9. The second kappa shape index (κ2) is 10.3. The van der Waals surface area contributed by atoms with Crippen molar-refractivity contribution in [1.82, 2.24) is 20.3 Å². The van der Waals surface area contributed by atoms with Gasteiger partial charge in [-0.15, -0.1) is 0 Å². The number of alkyl carbamates (subject to hydrolysis) is 1. The molecule has 1 fully saturated rings. The quantitative estimate of drug-likeness (QED) is 0.415. The van der Waals surface area contributed by atoms with E-state index in [-0.39, 0.29) is 11.8 Å². The van der Waals surface area contributed by atoms with Crippen molar-refractivity contribution >= 4 is 35.2 Å². The average Bonchev–Trinajstić information content (AvgIpc) is 3.17. The summed E-state index contributed by atoms with van der Waals surface area (Å²) >= 11 is 12.7. The number of nitrogens with zero attached hydrogens (tertiary/aromatic N) is 5. The SMILES string of the molecule is Cc1nc(N2CCC3(CC2)c2ncccc2C[C@H]3OC(=O)NC(C)(C)C)nc(C#N)c1-c1cccc(Cl)c1Cl. The van der Waals surface area contributed by atoms with E-state index in [1.165, 1.54) is 0 Å². The van der Waals surface area contributed by atoms with Crippen LogP contribution in [0, 0.1) is 18.3 Å². The van der Waals surface area contributed by atoms with Gasteiger partial charge >= 0.3 is 6.09 Å². The molecule has 0 saturated carbocycles. The molecule has 8 nitrogen and oxygen atoms in total. The largest absolute Gasteiger partial charge is 0.445 e. The van der Waals surface area contributed by atoms with Gasteiger partial charge in [-0.25, -0.2) is 14.8 Å². The molecule has 0 radical (unpaired) electrons. The van der Waals surface area contributed by atoms with Gasteiger partial charge in [-0.3, -0.25) is 4.98 Å². The first-order valence-corrected chi connectivity index (χ1v) is 13.7. The summed E-state index contributed by atoms with van der Waals surface area (Å²) in [6.07, 6.45) is 3.10. The Kier molecular flexibility index (Phi) is 7.17. The number of hydrogen-bond donors (Lipinski definition) is 1. The van der Waals surface area contributed by atoms with E-state index in [0.717, 1.165) is 11.3 Å². The molecular weight excluding hydrogens is 535 g/mol. The molecule has 1 aromatic carbocycles. The third-order valence-corrected chi connectivity index (χ3v) is 8.27. The average molecular weight is 566 g/mol. The molecule has 10 heteroatoms. The number of anilines is 1. The lowest BCUT2D eigenvalue weighted by molar-refractivity contribution is 0.0386. The van der Waals surface area contributed by atoms with Gasteiger partial charge in [-0.2, -0.15) is 5.26 Å². The van der Waals surface area contributed by atoms with E-state index in [2.05, 4.69) is 27.3 Å². The van der Waals surface area contributed by atoms with E-state index in [4.69, 9.17) is 37.9 Å². The van der Waals surface area contributed by atoms with Crippen LogP contribution in [0.2, 0.25) is 10.0 Å². The number of pyridine rings is 1. The molecule has 3 heterocycles. The Morgan fingerprint density at radius 3 is 2.62 bits per heavy atom. The van der Waals surface area contributed by atoms with Crippen molar-refractivity contribution in [2.75, 3.05) is 18.0 Å². The van der Waals surface area contributed by atoms with Crippen molar-refractivity contribution < 1.29 is 9.53 Å². The van der Waals surface area contributed by atoms with Crippen LogP contribution in [0.5, 0.6) is 0 Å². The van der Waals surface area contributed by atoms with Crippen LogP contribution >= 0.6 is 23.2 Å². The van der Waals surface area contributed by atoms with Crippen molar-refractivity contribution in [3.8, 4) is 17.2 Å². The summed E-state index contributed by atoms with van der Waals surface area (Å²) in [5, 5.41) is 13.6. The molecule has 5 rings (SSSR count). The molecule has 3 aromatic rings. The standard InChI is InChI=1S/C29H30Cl2N6O2/c1-17-23(19-8-5-9-20(30)24(19)31)21(16-32)35-26(34-17)37-13-10-29(11-14-37)22(39-27(38)36-28(2,3)4)15-18-7-6-12-33-25(18)29/h5-9,12,22H,10-11,13-15H2,1-4H3,(H,36,38)/t22-/m1/s1. The second-order valence-electron chi connectivity index (χ2n) is 11.2. The zero-order chi connectivity index (χ0) is 27.9. The van der Waals surface area contributed by atoms with E-state index in [1.54, 1.807) is 18.3 Å². The van der Waals surface area contributed by atoms with Gasteiger partial charge in [-0.05, 0) is 58.2 Å². The fraction of sp³-hybridized carbons (Fsp3) is 0.414. The number of fused-ring (bicyclic) bond motifs is 2. The fourth-order valence-corrected chi connectivity index (χ4v) is 6.08. The number of ether oxygens (including phenoxy) is 1. The van der Waals surface area contributed by atoms with Crippen molar-refractivity contribution in [2.45, 2.75) is 64.0 Å². The summed E-state index contributed by atoms with van der Waals surface area (Å²) in [4.78, 5) is 29.0. The van der Waals surface area contributed by atoms with Crippen LogP contribution in [0.1, 0.15) is 56.3 Å². The van der Waals surface area contributed by atoms with Crippen LogP contribution in [0.25, 0.3) is 11.1 Å². The number of benzene rings is 1. The number of aromatic nitrogens is 3. The number of nitriles is 1. The number of carbonyl (C=O) groups is 1. The molecule has 1 atom stereocenters. The maximum atomic E-state index is 12.7. The molecule has 1 aliphatic carbocycles. The molecule has 1 amide bonds. The van der Waals surface area contributed by atoms with Crippen molar-refractivity contribution in [2.24, 2.45) is 0 Å². The number of carbonyl (C=O) groups excluding carboxylic acids is 1. The number of aryl methyl sites for hydroxylation is 1. The Morgan fingerprint density at radius 2 is 1.92 bits per heavy atom. The molecular formula is C29H30Cl2N6O2. The number of amides is 1. The van der Waals surface area contributed by atoms with E-state index in [0.29, 0.717) is 65.2 Å². The molecule has 0 bridgehead atoms. The van der Waals surface area contributed by atoms with Crippen LogP contribution in [-0.4, -0.2) is 45.8 Å². The van der Waals surface area contributed by atoms with Gasteiger partial charge in [-0.1, -0.05) is 41.4 Å². The monoisotopic (exact) mass is 564 g/mol. The van der Waals surface area contributed by atoms with Crippen molar-refractivity contribution in [3.63, 3.8) is 0 Å². The minimum Gasteiger partial charge on any atom is -0.445 e. The van der Waals surface area contributed by atoms with Gasteiger partial charge in [0.2, 0.25) is 5.95 Å². The lowest BCUT2D eigenvalue weighted by Crippen LogP contribution is -2.51. The summed E-state index contributed by atoms with van der Waals surface area (Å²) in [6.45, 7) is 8.87. The molecule has 1 aliphatic heterocycles. The number of halogens is 2. The summed E-state index contributed by atoms with van der Waals surface area (Å²) in [5.41, 5.74) is 3.42. The molecule has 2 aromatic heterocycles. The third kappa shape index (κ3) is 5.13. The van der Waals surface area contributed by atoms with Crippen LogP contribution in [-0.2, 0) is 16.6 Å². The Labute approximate surface area is 238 Å². The van der Waals surface area contributed by atoms with E-state index < -0.39 is 17.0 Å². The highest BCUT2D eigenvalue weighted by molar-refractivity contribution is 6.43. The normalized spacial score (nSPS) is 18.0. The minimum atomic E-state index is -0.421. The lowest BCUT2D eigenvalue weighted by Gasteiger charge is -2.42. The minimum absolute atomic E-state index is 0.245. The van der Waals surface area contributed by atoms with Gasteiger partial charge in [0.1, 0.15) is 12.2 Å². The van der Waals surface area contributed by atoms with E-state index in [1.807, 2.05) is 39.8 Å². The highest BCUT2D eigenvalue weighted by atomic mass is 35.5. The number of nitrogens with one attached hydrogen (secondary N) is 1. The smallest absolute Gasteiger partial charge is 0.407 e. The maximum absolute atomic E-state index is 12.7. The van der Waals surface area contributed by atoms with Gasteiger partial charge in [0, 0.05) is 42.4 Å². The van der Waals surface area contributed by atoms with Crippen LogP contribution < -0.4 is 10.2 Å². The van der Waals surface area contributed by atoms with Crippen LogP contribution in [0.3, 0.4) is 0 Å². The first-order chi connectivity index (χ1) is 18.5. The molecule has 1 spiro atoms. The van der Waals surface area contributed by atoms with E-state index in [9.17, 15) is 10.1 Å². The summed E-state index contributed by atoms with van der Waals surface area (Å²) in [5.74, 6) is 0.489. The topological polar surface area (TPSA) is 104 Å². The highest BCUT2D eigenvalue weighted by Gasteiger charge is 2.52. The predicted molar refractivity (Wildman–Crippen MR) is 151 cm³/mol. The molecule has 202 valence electrons. The zero-order valence-electron chi connectivity index (χ0n) is 22.4. The number of rotatable bonds is 3. The first kappa shape index (κ1) is 27.2. The Bertz CT molecular complexity index is 1470. The molecule has 39 heavy (non-hydrogen) atoms. The summed E-state index contributed by atoms with van der Waals surface area (Å²) in [7, 11) is 0. The second-order valence-corrected chi connectivity index (χ2v) is 12.0. The summed E-state index contributed by atoms with van der Waals surface area (Å²) in [6, 6.07) is 11.5. The van der Waals surface area contributed by atoms with E-state index >= 15 is 0 Å². The van der Waals surface area contributed by atoms with Crippen LogP contribution in [0.4, 0.5) is 10.7 Å². The predicted octanol–water partition coefficient (Wildman–Crippen LogP) is 6.01. The van der Waals surface area contributed by atoms with Crippen molar-refractivity contribution in [3.05, 3.63) is 69.2 Å². The zero-order valence-corrected chi connectivity index (χ0v) is 23.9. The third-order valence-electron chi connectivity index (χ3n) is 7.45. The summed E-state index contributed by atoms with van der Waals surface area (Å²) < 4.78 is 6.04. The fourth-order valence-electron chi connectivity index (χ4n) is 5.68. The maximum Gasteiger partial charge on any atom is 0.407 e. The highest BCUT2D eigenvalue weighted by Crippen LogP contribution is 2.47. The number of piperidine rings is 1. The van der Waals surface area contributed by atoms with Gasteiger partial charge in [0.05, 0.1) is 26.8 Å². The van der Waals surface area contributed by atoms with Crippen LogP contribution in [0.15, 0.2) is 36.5 Å². The molecule has 1 N–H and O–H groups in total. The molecule has 2 aliphatic rings. The number of hydrogen-bond acceptors (Lipinski definition) is 7. The Balaban J connectivity index is 1.42. The van der Waals surface area contributed by atoms with Gasteiger partial charge in [0.15, 0.2) is 5.69 Å². The molecule has 1 saturated heterocycles. The van der Waals surface area contributed by atoms with Gasteiger partial charge < -0.3 is 15.0 Å². The Morgan fingerprint density at radius 1 is 1.18 bits per heavy atom. The Hall–Kier alpha value is -3.41. The van der Waals surface area contributed by atoms with Crippen molar-refractivity contribution in [1.29, 1.82) is 5.26 Å². The molecule has 0 unspecified atom stereocenters. The van der Waals surface area contributed by atoms with Gasteiger partial charge in [0.25, 0.3) is 0 Å².